The maximum atomic E-state index is 12.1. The minimum absolute atomic E-state index is 0. The lowest BCUT2D eigenvalue weighted by Crippen LogP contribution is -2.40. The summed E-state index contributed by atoms with van der Waals surface area (Å²) in [6, 6.07) is 3.56. The van der Waals surface area contributed by atoms with Crippen LogP contribution < -0.4 is 15.2 Å². The van der Waals surface area contributed by atoms with Crippen molar-refractivity contribution < 1.29 is 14.3 Å². The van der Waals surface area contributed by atoms with Crippen molar-refractivity contribution in [2.24, 2.45) is 5.73 Å². The van der Waals surface area contributed by atoms with Gasteiger partial charge in [-0.15, -0.1) is 12.4 Å². The normalized spacial score (nSPS) is 14.1. The molecule has 1 aromatic rings. The van der Waals surface area contributed by atoms with E-state index >= 15 is 0 Å². The average Bonchev–Trinajstić information content (AvgIpc) is 2.45. The van der Waals surface area contributed by atoms with Crippen LogP contribution in [0.5, 0.6) is 11.5 Å². The minimum Gasteiger partial charge on any atom is -0.486 e. The van der Waals surface area contributed by atoms with Gasteiger partial charge in [0.2, 0.25) is 5.91 Å². The maximum absolute atomic E-state index is 12.1. The third kappa shape index (κ3) is 4.15. The SMILES string of the molecule is CC(CN)N(C)C(=O)Cc1cc(Cl)c2c(c1)OCCO2.Cl. The second-order valence-corrected chi connectivity index (χ2v) is 5.28. The number of fused-ring (bicyclic) bond motifs is 1. The van der Waals surface area contributed by atoms with Crippen LogP contribution in [0, 0.1) is 0 Å². The molecule has 0 bridgehead atoms. The van der Waals surface area contributed by atoms with E-state index < -0.39 is 0 Å². The Morgan fingerprint density at radius 3 is 2.76 bits per heavy atom. The van der Waals surface area contributed by atoms with E-state index in [1.807, 2.05) is 6.92 Å². The monoisotopic (exact) mass is 334 g/mol. The fraction of sp³-hybridized carbons (Fsp3) is 0.500. The Morgan fingerprint density at radius 2 is 2.10 bits per heavy atom. The number of benzene rings is 1. The molecule has 0 aliphatic carbocycles. The summed E-state index contributed by atoms with van der Waals surface area (Å²) >= 11 is 6.15. The second kappa shape index (κ2) is 7.73. The first-order valence-electron chi connectivity index (χ1n) is 6.56. The molecule has 7 heteroatoms. The van der Waals surface area contributed by atoms with Gasteiger partial charge in [-0.1, -0.05) is 11.6 Å². The number of hydrogen-bond donors (Lipinski definition) is 1. The zero-order valence-corrected chi connectivity index (χ0v) is 13.7. The minimum atomic E-state index is -0.00399. The fourth-order valence-corrected chi connectivity index (χ4v) is 2.26. The molecule has 1 atom stereocenters. The molecule has 1 unspecified atom stereocenters. The van der Waals surface area contributed by atoms with Crippen LogP contribution in [0.1, 0.15) is 12.5 Å². The fourth-order valence-electron chi connectivity index (χ4n) is 1.97. The van der Waals surface area contributed by atoms with E-state index in [0.717, 1.165) is 5.56 Å². The van der Waals surface area contributed by atoms with Crippen LogP contribution in [0.15, 0.2) is 12.1 Å². The van der Waals surface area contributed by atoms with Gasteiger partial charge in [-0.25, -0.2) is 0 Å². The quantitative estimate of drug-likeness (QED) is 0.913. The predicted molar refractivity (Wildman–Crippen MR) is 84.7 cm³/mol. The van der Waals surface area contributed by atoms with Gasteiger partial charge in [-0.2, -0.15) is 0 Å². The van der Waals surface area contributed by atoms with Gasteiger partial charge < -0.3 is 20.1 Å². The molecular formula is C14H20Cl2N2O3. The van der Waals surface area contributed by atoms with Crippen molar-refractivity contribution in [3.05, 3.63) is 22.7 Å². The average molecular weight is 335 g/mol. The van der Waals surface area contributed by atoms with E-state index in [-0.39, 0.29) is 30.8 Å². The van der Waals surface area contributed by atoms with Gasteiger partial charge >= 0.3 is 0 Å². The van der Waals surface area contributed by atoms with Crippen molar-refractivity contribution in [1.82, 2.24) is 4.90 Å². The molecule has 0 radical (unpaired) electrons. The summed E-state index contributed by atoms with van der Waals surface area (Å²) in [5.41, 5.74) is 6.37. The molecule has 118 valence electrons. The highest BCUT2D eigenvalue weighted by atomic mass is 35.5. The summed E-state index contributed by atoms with van der Waals surface area (Å²) in [7, 11) is 1.75. The molecule has 1 aliphatic rings. The number of hydrogen-bond acceptors (Lipinski definition) is 4. The van der Waals surface area contributed by atoms with Crippen molar-refractivity contribution in [2.75, 3.05) is 26.8 Å². The Labute approximate surface area is 135 Å². The van der Waals surface area contributed by atoms with Gasteiger partial charge in [0.05, 0.1) is 11.4 Å². The number of ether oxygens (including phenoxy) is 2. The first-order chi connectivity index (χ1) is 9.52. The summed E-state index contributed by atoms with van der Waals surface area (Å²) in [5.74, 6) is 1.15. The molecule has 1 amide bonds. The molecule has 1 heterocycles. The summed E-state index contributed by atoms with van der Waals surface area (Å²) in [5, 5.41) is 0.472. The summed E-state index contributed by atoms with van der Waals surface area (Å²) < 4.78 is 10.9. The van der Waals surface area contributed by atoms with E-state index in [2.05, 4.69) is 0 Å². The summed E-state index contributed by atoms with van der Waals surface area (Å²) in [6.07, 6.45) is 0.261. The molecule has 1 aromatic carbocycles. The lowest BCUT2D eigenvalue weighted by Gasteiger charge is -2.24. The molecule has 0 spiro atoms. The molecule has 0 fully saturated rings. The summed E-state index contributed by atoms with van der Waals surface area (Å²) in [6.45, 7) is 3.32. The molecule has 21 heavy (non-hydrogen) atoms. The van der Waals surface area contributed by atoms with Gasteiger partial charge in [0.1, 0.15) is 13.2 Å². The Morgan fingerprint density at radius 1 is 1.43 bits per heavy atom. The Kier molecular flexibility index (Phi) is 6.58. The Balaban J connectivity index is 0.00000220. The number of carbonyl (C=O) groups is 1. The van der Waals surface area contributed by atoms with Crippen LogP contribution in [-0.2, 0) is 11.2 Å². The number of likely N-dealkylation sites (N-methyl/N-ethyl adjacent to an activating group) is 1. The number of halogens is 2. The number of amides is 1. The van der Waals surface area contributed by atoms with Gasteiger partial charge in [0.15, 0.2) is 11.5 Å². The lowest BCUT2D eigenvalue weighted by molar-refractivity contribution is -0.130. The topological polar surface area (TPSA) is 64.8 Å². The smallest absolute Gasteiger partial charge is 0.227 e. The molecule has 5 nitrogen and oxygen atoms in total. The van der Waals surface area contributed by atoms with Gasteiger partial charge in [-0.3, -0.25) is 4.79 Å². The lowest BCUT2D eigenvalue weighted by atomic mass is 10.1. The summed E-state index contributed by atoms with van der Waals surface area (Å²) in [4.78, 5) is 13.8. The van der Waals surface area contributed by atoms with Crippen LogP contribution in [0.25, 0.3) is 0 Å². The molecule has 2 rings (SSSR count). The zero-order chi connectivity index (χ0) is 14.7. The second-order valence-electron chi connectivity index (χ2n) is 4.87. The van der Waals surface area contributed by atoms with Crippen molar-refractivity contribution >= 4 is 29.9 Å². The molecule has 0 saturated heterocycles. The third-order valence-electron chi connectivity index (χ3n) is 3.41. The zero-order valence-electron chi connectivity index (χ0n) is 12.1. The molecule has 0 aromatic heterocycles. The Hall–Kier alpha value is -1.17. The molecular weight excluding hydrogens is 315 g/mol. The highest BCUT2D eigenvalue weighted by Gasteiger charge is 2.19. The van der Waals surface area contributed by atoms with Crippen LogP contribution in [-0.4, -0.2) is 43.7 Å². The van der Waals surface area contributed by atoms with Crippen LogP contribution in [0.4, 0.5) is 0 Å². The van der Waals surface area contributed by atoms with Crippen molar-refractivity contribution in [2.45, 2.75) is 19.4 Å². The molecule has 0 saturated carbocycles. The number of carbonyl (C=O) groups excluding carboxylic acids is 1. The van der Waals surface area contributed by atoms with Gasteiger partial charge in [-0.05, 0) is 24.6 Å². The molecule has 2 N–H and O–H groups in total. The van der Waals surface area contributed by atoms with E-state index in [9.17, 15) is 4.79 Å². The van der Waals surface area contributed by atoms with Gasteiger partial charge in [0.25, 0.3) is 0 Å². The van der Waals surface area contributed by atoms with E-state index in [4.69, 9.17) is 26.8 Å². The number of nitrogens with two attached hydrogens (primary N) is 1. The van der Waals surface area contributed by atoms with E-state index in [0.29, 0.717) is 36.3 Å². The number of nitrogens with zero attached hydrogens (tertiary/aromatic N) is 1. The first kappa shape index (κ1) is 17.9. The van der Waals surface area contributed by atoms with Crippen LogP contribution in [0.2, 0.25) is 5.02 Å². The van der Waals surface area contributed by atoms with E-state index in [1.165, 1.54) is 0 Å². The van der Waals surface area contributed by atoms with Gasteiger partial charge in [0, 0.05) is 19.6 Å². The number of rotatable bonds is 4. The van der Waals surface area contributed by atoms with Crippen molar-refractivity contribution in [3.8, 4) is 11.5 Å². The van der Waals surface area contributed by atoms with E-state index in [1.54, 1.807) is 24.1 Å². The largest absolute Gasteiger partial charge is 0.486 e. The highest BCUT2D eigenvalue weighted by molar-refractivity contribution is 6.32. The highest BCUT2D eigenvalue weighted by Crippen LogP contribution is 2.38. The van der Waals surface area contributed by atoms with Crippen LogP contribution >= 0.6 is 24.0 Å². The Bertz CT molecular complexity index is 511. The first-order valence-corrected chi connectivity index (χ1v) is 6.94. The van der Waals surface area contributed by atoms with Crippen molar-refractivity contribution in [3.63, 3.8) is 0 Å². The standard InChI is InChI=1S/C14H19ClN2O3.ClH/c1-9(8-16)17(2)13(18)7-10-5-11(15)14-12(6-10)19-3-4-20-14;/h5-6,9H,3-4,7-8,16H2,1-2H3;1H. The van der Waals surface area contributed by atoms with Crippen molar-refractivity contribution in [1.29, 1.82) is 0 Å². The molecule has 1 aliphatic heterocycles. The van der Waals surface area contributed by atoms with Crippen LogP contribution in [0.3, 0.4) is 0 Å². The third-order valence-corrected chi connectivity index (χ3v) is 3.69. The predicted octanol–water partition coefficient (Wildman–Crippen LogP) is 1.88. The maximum Gasteiger partial charge on any atom is 0.227 e.